The van der Waals surface area contributed by atoms with E-state index in [1.54, 1.807) is 0 Å². The van der Waals surface area contributed by atoms with Crippen molar-refractivity contribution in [2.45, 2.75) is 12.2 Å². The number of carbonyl (C=O) groups is 1. The number of benzene rings is 1. The molecule has 0 fully saturated rings. The van der Waals surface area contributed by atoms with Crippen molar-refractivity contribution >= 4 is 5.97 Å². The molecule has 0 aliphatic heterocycles. The van der Waals surface area contributed by atoms with E-state index in [0.29, 0.717) is 0 Å². The molecule has 22 heavy (non-hydrogen) atoms. The monoisotopic (exact) mass is 324 g/mol. The molecule has 0 bridgehead atoms. The summed E-state index contributed by atoms with van der Waals surface area (Å²) in [5.74, 6) is -1.40. The number of aromatic carboxylic acids is 1. The Balaban J connectivity index is 0.00000441. The first kappa shape index (κ1) is 21.1. The van der Waals surface area contributed by atoms with Crippen LogP contribution in [0.3, 0.4) is 0 Å². The first-order valence-electron chi connectivity index (χ1n) is 6.16. The third kappa shape index (κ3) is 6.93. The molecule has 0 saturated carbocycles. The Morgan fingerprint density at radius 2 is 1.64 bits per heavy atom. The van der Waals surface area contributed by atoms with Crippen LogP contribution in [-0.2, 0) is 0 Å². The van der Waals surface area contributed by atoms with Crippen LogP contribution in [0.5, 0.6) is 11.5 Å². The van der Waals surface area contributed by atoms with Gasteiger partial charge >= 0.3 is 29.6 Å². The van der Waals surface area contributed by atoms with Crippen molar-refractivity contribution in [3.63, 3.8) is 0 Å². The molecule has 9 heteroatoms. The minimum absolute atomic E-state index is 0. The summed E-state index contributed by atoms with van der Waals surface area (Å²) < 4.78 is 10.2. The zero-order valence-corrected chi connectivity index (χ0v) is 14.1. The first-order valence-corrected chi connectivity index (χ1v) is 6.16. The van der Waals surface area contributed by atoms with Crippen LogP contribution in [0.15, 0.2) is 18.2 Å². The van der Waals surface area contributed by atoms with Gasteiger partial charge in [-0.05, 0) is 18.2 Å². The summed E-state index contributed by atoms with van der Waals surface area (Å²) in [5.41, 5.74) is -0.295. The molecular weight excluding hydrogens is 307 g/mol. The summed E-state index contributed by atoms with van der Waals surface area (Å²) in [6, 6.07) is 3.84. The smallest absolute Gasteiger partial charge is 0.545 e. The number of aliphatic hydroxyl groups excluding tert-OH is 4. The summed E-state index contributed by atoms with van der Waals surface area (Å²) in [6.45, 7) is -1.47. The van der Waals surface area contributed by atoms with Crippen LogP contribution < -0.4 is 44.1 Å². The van der Waals surface area contributed by atoms with Gasteiger partial charge in [0.2, 0.25) is 0 Å². The molecule has 1 aromatic rings. The van der Waals surface area contributed by atoms with Gasteiger partial charge in [-0.1, -0.05) is 0 Å². The van der Waals surface area contributed by atoms with Gasteiger partial charge < -0.3 is 39.8 Å². The maximum atomic E-state index is 11.0. The van der Waals surface area contributed by atoms with Crippen LogP contribution >= 0.6 is 0 Å². The van der Waals surface area contributed by atoms with E-state index in [1.807, 2.05) is 0 Å². The topological polar surface area (TPSA) is 140 Å². The number of carboxylic acid groups (broad SMARTS) is 1. The van der Waals surface area contributed by atoms with E-state index in [4.69, 9.17) is 29.9 Å². The molecule has 2 atom stereocenters. The molecule has 0 radical (unpaired) electrons. The Labute approximate surface area is 149 Å². The fraction of sp³-hybridized carbons (Fsp3) is 0.462. The maximum absolute atomic E-state index is 11.0. The fourth-order valence-corrected chi connectivity index (χ4v) is 1.37. The molecule has 0 heterocycles. The zero-order valence-electron chi connectivity index (χ0n) is 12.1. The van der Waals surface area contributed by atoms with Crippen molar-refractivity contribution in [3.8, 4) is 11.5 Å². The second kappa shape index (κ2) is 10.8. The molecule has 118 valence electrons. The van der Waals surface area contributed by atoms with Gasteiger partial charge in [0.25, 0.3) is 0 Å². The van der Waals surface area contributed by atoms with E-state index in [0.717, 1.165) is 6.07 Å². The van der Waals surface area contributed by atoms with Crippen molar-refractivity contribution < 1.29 is 69.4 Å². The normalized spacial score (nSPS) is 12.9. The average Bonchev–Trinajstić information content (AvgIpc) is 2.50. The molecule has 0 unspecified atom stereocenters. The van der Waals surface area contributed by atoms with Crippen LogP contribution in [0.4, 0.5) is 0 Å². The van der Waals surface area contributed by atoms with Gasteiger partial charge in [0, 0.05) is 5.56 Å². The number of aliphatic hydroxyl groups is 4. The molecule has 0 aliphatic rings. The standard InChI is InChI=1S/C13H18O8.Na/c14-4-8(16)6-20-10-1-2-12(11(3-10)13(18)19)21-7-9(17)5-15;/h1-3,8-9,14-17H,4-7H2,(H,18,19);/q;+1/p-1/t8-,9+;/m0./s1. The van der Waals surface area contributed by atoms with Crippen LogP contribution in [-0.4, -0.2) is 65.0 Å². The Kier molecular flexibility index (Phi) is 10.4. The maximum Gasteiger partial charge on any atom is 1.00 e. The molecule has 0 amide bonds. The van der Waals surface area contributed by atoms with Gasteiger partial charge in [0.15, 0.2) is 0 Å². The van der Waals surface area contributed by atoms with Gasteiger partial charge in [0.1, 0.15) is 36.9 Å². The van der Waals surface area contributed by atoms with E-state index >= 15 is 0 Å². The second-order valence-electron chi connectivity index (χ2n) is 4.24. The molecule has 0 spiro atoms. The van der Waals surface area contributed by atoms with E-state index in [-0.39, 0.29) is 59.8 Å². The number of rotatable bonds is 9. The summed E-state index contributed by atoms with van der Waals surface area (Å²) >= 11 is 0. The molecular formula is C13H17NaO8. The van der Waals surface area contributed by atoms with Gasteiger partial charge in [-0.25, -0.2) is 0 Å². The molecule has 4 N–H and O–H groups in total. The van der Waals surface area contributed by atoms with Gasteiger partial charge in [-0.3, -0.25) is 0 Å². The van der Waals surface area contributed by atoms with Crippen molar-refractivity contribution in [1.82, 2.24) is 0 Å². The first-order chi connectivity index (χ1) is 9.97. The zero-order chi connectivity index (χ0) is 15.8. The Bertz CT molecular complexity index is 467. The van der Waals surface area contributed by atoms with Crippen LogP contribution in [0.1, 0.15) is 10.4 Å². The van der Waals surface area contributed by atoms with E-state index in [1.165, 1.54) is 12.1 Å². The van der Waals surface area contributed by atoms with Gasteiger partial charge in [0.05, 0.1) is 19.2 Å². The minimum atomic E-state index is -1.50. The average molecular weight is 324 g/mol. The quantitative estimate of drug-likeness (QED) is 0.330. The molecule has 1 aromatic carbocycles. The number of carbonyl (C=O) groups excluding carboxylic acids is 1. The van der Waals surface area contributed by atoms with Crippen molar-refractivity contribution in [1.29, 1.82) is 0 Å². The SMILES string of the molecule is O=C([O-])c1cc(OC[C@@H](O)CO)ccc1OC[C@H](O)CO.[Na+]. The third-order valence-corrected chi connectivity index (χ3v) is 2.47. The number of carboxylic acids is 1. The van der Waals surface area contributed by atoms with Crippen molar-refractivity contribution in [2.75, 3.05) is 26.4 Å². The van der Waals surface area contributed by atoms with E-state index in [2.05, 4.69) is 0 Å². The Hall–Kier alpha value is -0.870. The molecule has 0 aromatic heterocycles. The summed E-state index contributed by atoms with van der Waals surface area (Å²) in [7, 11) is 0. The summed E-state index contributed by atoms with van der Waals surface area (Å²) in [4.78, 5) is 11.0. The third-order valence-electron chi connectivity index (χ3n) is 2.47. The number of hydrogen-bond acceptors (Lipinski definition) is 8. The Morgan fingerprint density at radius 3 is 2.14 bits per heavy atom. The minimum Gasteiger partial charge on any atom is -0.545 e. The molecule has 0 aliphatic carbocycles. The van der Waals surface area contributed by atoms with Crippen LogP contribution in [0.25, 0.3) is 0 Å². The number of ether oxygens (including phenoxy) is 2. The fourth-order valence-electron chi connectivity index (χ4n) is 1.37. The molecule has 1 rings (SSSR count). The predicted molar refractivity (Wildman–Crippen MR) is 67.9 cm³/mol. The van der Waals surface area contributed by atoms with Crippen LogP contribution in [0.2, 0.25) is 0 Å². The number of hydrogen-bond donors (Lipinski definition) is 4. The largest absolute Gasteiger partial charge is 1.00 e. The van der Waals surface area contributed by atoms with Gasteiger partial charge in [-0.2, -0.15) is 0 Å². The van der Waals surface area contributed by atoms with Crippen molar-refractivity contribution in [2.24, 2.45) is 0 Å². The van der Waals surface area contributed by atoms with E-state index in [9.17, 15) is 9.90 Å². The second-order valence-corrected chi connectivity index (χ2v) is 4.24. The van der Waals surface area contributed by atoms with Gasteiger partial charge in [-0.15, -0.1) is 0 Å². The molecule has 8 nitrogen and oxygen atoms in total. The summed E-state index contributed by atoms with van der Waals surface area (Å²) in [5, 5.41) is 46.6. The van der Waals surface area contributed by atoms with Crippen molar-refractivity contribution in [3.05, 3.63) is 23.8 Å². The molecule has 0 saturated heterocycles. The van der Waals surface area contributed by atoms with Crippen LogP contribution in [0, 0.1) is 0 Å². The predicted octanol–water partition coefficient (Wildman–Crippen LogP) is -5.48. The van der Waals surface area contributed by atoms with E-state index < -0.39 is 31.4 Å². The Morgan fingerprint density at radius 1 is 1.09 bits per heavy atom. The summed E-state index contributed by atoms with van der Waals surface area (Å²) in [6.07, 6.45) is -2.21.